The highest BCUT2D eigenvalue weighted by Crippen LogP contribution is 2.24. The van der Waals surface area contributed by atoms with Crippen LogP contribution < -0.4 is 10.2 Å². The van der Waals surface area contributed by atoms with E-state index in [0.717, 1.165) is 42.6 Å². The Kier molecular flexibility index (Phi) is 6.82. The third kappa shape index (κ3) is 5.42. The number of carbonyl (C=O) groups excluding carboxylic acids is 1. The molecule has 1 heterocycles. The molecule has 3 atom stereocenters. The van der Waals surface area contributed by atoms with Crippen molar-refractivity contribution in [1.29, 1.82) is 0 Å². The van der Waals surface area contributed by atoms with Crippen LogP contribution in [0.5, 0.6) is 0 Å². The topological polar surface area (TPSA) is 41.6 Å². The fraction of sp³-hybridized carbons (Fsp3) is 0.348. The Balaban J connectivity index is 1.67. The van der Waals surface area contributed by atoms with E-state index in [4.69, 9.17) is 4.74 Å². The molecule has 4 nitrogen and oxygen atoms in total. The van der Waals surface area contributed by atoms with Crippen LogP contribution in [-0.4, -0.2) is 31.2 Å². The van der Waals surface area contributed by atoms with E-state index in [1.807, 2.05) is 45.0 Å². The summed E-state index contributed by atoms with van der Waals surface area (Å²) in [5.41, 5.74) is 1.63. The van der Waals surface area contributed by atoms with Gasteiger partial charge in [-0.05, 0) is 50.6 Å². The number of nitrogens with zero attached hydrogens (tertiary/aromatic N) is 1. The van der Waals surface area contributed by atoms with E-state index in [1.54, 1.807) is 0 Å². The van der Waals surface area contributed by atoms with Crippen LogP contribution in [0.2, 0.25) is 0 Å². The number of nitrogens with one attached hydrogen (secondary N) is 1. The van der Waals surface area contributed by atoms with Crippen molar-refractivity contribution in [1.82, 2.24) is 5.32 Å². The zero-order chi connectivity index (χ0) is 21.8. The molecular weight excluding hydrogens is 393 g/mol. The number of anilines is 1. The summed E-state index contributed by atoms with van der Waals surface area (Å²) in [6, 6.07) is 8.85. The van der Waals surface area contributed by atoms with Crippen molar-refractivity contribution in [3.63, 3.8) is 0 Å². The van der Waals surface area contributed by atoms with E-state index in [0.29, 0.717) is 6.07 Å². The third-order valence-electron chi connectivity index (χ3n) is 4.95. The number of ether oxygens (including phenoxy) is 1. The van der Waals surface area contributed by atoms with Gasteiger partial charge in [-0.25, -0.2) is 13.2 Å². The van der Waals surface area contributed by atoms with Crippen LogP contribution in [0.3, 0.4) is 0 Å². The van der Waals surface area contributed by atoms with E-state index in [-0.39, 0.29) is 23.8 Å². The molecular formula is C23H25F3N2O2. The molecule has 160 valence electrons. The van der Waals surface area contributed by atoms with E-state index in [1.165, 1.54) is 0 Å². The number of hydrogen-bond acceptors (Lipinski definition) is 3. The molecule has 0 aromatic heterocycles. The predicted octanol–water partition coefficient (Wildman–Crippen LogP) is 4.61. The Morgan fingerprint density at radius 2 is 1.87 bits per heavy atom. The maximum Gasteiger partial charge on any atom is 0.244 e. The molecule has 3 rings (SSSR count). The summed E-state index contributed by atoms with van der Waals surface area (Å²) in [5.74, 6) is -3.90. The Labute approximate surface area is 174 Å². The van der Waals surface area contributed by atoms with Gasteiger partial charge in [0.1, 0.15) is 5.82 Å². The van der Waals surface area contributed by atoms with Crippen LogP contribution in [0, 0.1) is 17.5 Å². The molecule has 0 bridgehead atoms. The number of halogens is 3. The lowest BCUT2D eigenvalue weighted by atomic mass is 10.1. The van der Waals surface area contributed by atoms with Crippen molar-refractivity contribution in [3.05, 3.63) is 71.1 Å². The first-order valence-electron chi connectivity index (χ1n) is 9.86. The molecule has 2 aromatic rings. The van der Waals surface area contributed by atoms with Gasteiger partial charge >= 0.3 is 0 Å². The summed E-state index contributed by atoms with van der Waals surface area (Å²) in [6.45, 7) is 7.47. The van der Waals surface area contributed by atoms with Gasteiger partial charge in [-0.15, -0.1) is 0 Å². The maximum absolute atomic E-state index is 13.7. The molecule has 1 N–H and O–H groups in total. The first-order valence-corrected chi connectivity index (χ1v) is 9.86. The summed E-state index contributed by atoms with van der Waals surface area (Å²) in [7, 11) is 0. The summed E-state index contributed by atoms with van der Waals surface area (Å²) in [5, 5.41) is 2.78. The lowest BCUT2D eigenvalue weighted by Crippen LogP contribution is -2.45. The van der Waals surface area contributed by atoms with Crippen molar-refractivity contribution in [2.24, 2.45) is 0 Å². The third-order valence-corrected chi connectivity index (χ3v) is 4.95. The molecule has 2 aromatic carbocycles. The first-order chi connectivity index (χ1) is 14.2. The molecule has 1 aliphatic rings. The summed E-state index contributed by atoms with van der Waals surface area (Å²) in [4.78, 5) is 14.5. The molecule has 1 saturated heterocycles. The van der Waals surface area contributed by atoms with Gasteiger partial charge < -0.3 is 15.0 Å². The average molecular weight is 418 g/mol. The fourth-order valence-electron chi connectivity index (χ4n) is 3.59. The van der Waals surface area contributed by atoms with E-state index < -0.39 is 23.4 Å². The molecule has 0 saturated carbocycles. The monoisotopic (exact) mass is 418 g/mol. The summed E-state index contributed by atoms with van der Waals surface area (Å²) >= 11 is 0. The van der Waals surface area contributed by atoms with E-state index in [2.05, 4.69) is 10.2 Å². The second kappa shape index (κ2) is 9.34. The predicted molar refractivity (Wildman–Crippen MR) is 111 cm³/mol. The molecule has 30 heavy (non-hydrogen) atoms. The standard InChI is InChI=1S/C23H25F3N2O2/c1-14-12-28(13-15(2)30-14)20-6-4-5-17(10-20)16(3)27-22(29)8-7-18-9-19(24)11-21(25)23(18)26/h4-11,14-16H,12-13H2,1-3H3,(H,27,29)/t14-,15+,16-/m0/s1. The van der Waals surface area contributed by atoms with E-state index >= 15 is 0 Å². The number of amides is 1. The van der Waals surface area contributed by atoms with Crippen LogP contribution in [-0.2, 0) is 9.53 Å². The first kappa shape index (κ1) is 21.9. The molecule has 0 spiro atoms. The van der Waals surface area contributed by atoms with E-state index in [9.17, 15) is 18.0 Å². The number of rotatable bonds is 5. The zero-order valence-corrected chi connectivity index (χ0v) is 17.2. The summed E-state index contributed by atoms with van der Waals surface area (Å²) in [6.07, 6.45) is 2.37. The van der Waals surface area contributed by atoms with Gasteiger partial charge in [0.15, 0.2) is 11.6 Å². The summed E-state index contributed by atoms with van der Waals surface area (Å²) < 4.78 is 46.0. The van der Waals surface area contributed by atoms with Crippen molar-refractivity contribution >= 4 is 17.7 Å². The molecule has 7 heteroatoms. The van der Waals surface area contributed by atoms with Crippen molar-refractivity contribution < 1.29 is 22.7 Å². The minimum absolute atomic E-state index is 0.132. The molecule has 0 unspecified atom stereocenters. The van der Waals surface area contributed by atoms with Crippen LogP contribution in [0.15, 0.2) is 42.5 Å². The smallest absolute Gasteiger partial charge is 0.244 e. The molecule has 1 fully saturated rings. The van der Waals surface area contributed by atoms with Gasteiger partial charge in [0, 0.05) is 36.5 Å². The number of benzene rings is 2. The lowest BCUT2D eigenvalue weighted by Gasteiger charge is -2.37. The second-order valence-electron chi connectivity index (χ2n) is 7.61. The minimum Gasteiger partial charge on any atom is -0.372 e. The maximum atomic E-state index is 13.7. The van der Waals surface area contributed by atoms with Crippen LogP contribution >= 0.6 is 0 Å². The fourth-order valence-corrected chi connectivity index (χ4v) is 3.59. The molecule has 1 amide bonds. The highest BCUT2D eigenvalue weighted by Gasteiger charge is 2.22. The van der Waals surface area contributed by atoms with Gasteiger partial charge in [0.05, 0.1) is 18.2 Å². The minimum atomic E-state index is -1.30. The van der Waals surface area contributed by atoms with Gasteiger partial charge in [0.25, 0.3) is 0 Å². The van der Waals surface area contributed by atoms with Crippen LogP contribution in [0.25, 0.3) is 6.08 Å². The van der Waals surface area contributed by atoms with Gasteiger partial charge in [-0.3, -0.25) is 4.79 Å². The van der Waals surface area contributed by atoms with Crippen molar-refractivity contribution in [3.8, 4) is 0 Å². The molecule has 0 radical (unpaired) electrons. The number of hydrogen-bond donors (Lipinski definition) is 1. The van der Waals surface area contributed by atoms with Crippen LogP contribution in [0.1, 0.15) is 37.9 Å². The van der Waals surface area contributed by atoms with Gasteiger partial charge in [0.2, 0.25) is 5.91 Å². The zero-order valence-electron chi connectivity index (χ0n) is 17.2. The highest BCUT2D eigenvalue weighted by molar-refractivity contribution is 5.92. The highest BCUT2D eigenvalue weighted by atomic mass is 19.2. The SMILES string of the molecule is C[C@@H]1CN(c2cccc([C@H](C)NC(=O)C=Cc3cc(F)cc(F)c3F)c2)C[C@H](C)O1. The van der Waals surface area contributed by atoms with Gasteiger partial charge in [-0.1, -0.05) is 12.1 Å². The van der Waals surface area contributed by atoms with Gasteiger partial charge in [-0.2, -0.15) is 0 Å². The molecule has 0 aliphatic carbocycles. The average Bonchev–Trinajstić information content (AvgIpc) is 2.69. The Hall–Kier alpha value is -2.80. The largest absolute Gasteiger partial charge is 0.372 e. The second-order valence-corrected chi connectivity index (χ2v) is 7.61. The lowest BCUT2D eigenvalue weighted by molar-refractivity contribution is -0.117. The number of morpholine rings is 1. The Morgan fingerprint density at radius 3 is 2.57 bits per heavy atom. The van der Waals surface area contributed by atoms with Crippen molar-refractivity contribution in [2.75, 3.05) is 18.0 Å². The Morgan fingerprint density at radius 1 is 1.17 bits per heavy atom. The van der Waals surface area contributed by atoms with Crippen molar-refractivity contribution in [2.45, 2.75) is 39.0 Å². The number of carbonyl (C=O) groups is 1. The molecule has 1 aliphatic heterocycles. The quantitative estimate of drug-likeness (QED) is 0.570. The Bertz CT molecular complexity index is 938. The normalized spacial score (nSPS) is 20.4. The van der Waals surface area contributed by atoms with Crippen LogP contribution in [0.4, 0.5) is 18.9 Å².